The van der Waals surface area contributed by atoms with Gasteiger partial charge in [-0.3, -0.25) is 9.59 Å². The number of aliphatic carboxylic acids is 1. The maximum Gasteiger partial charge on any atom is 0.318 e. The first kappa shape index (κ1) is 14.6. The molecule has 20 heavy (non-hydrogen) atoms. The molecule has 112 valence electrons. The summed E-state index contributed by atoms with van der Waals surface area (Å²) in [5, 5.41) is 14.3. The van der Waals surface area contributed by atoms with Crippen molar-refractivity contribution in [2.45, 2.75) is 44.7 Å². The highest BCUT2D eigenvalue weighted by molar-refractivity contribution is 5.91. The van der Waals surface area contributed by atoms with Crippen LogP contribution in [0.2, 0.25) is 0 Å². The van der Waals surface area contributed by atoms with Gasteiger partial charge >= 0.3 is 12.0 Å². The predicted molar refractivity (Wildman–Crippen MR) is 71.1 cm³/mol. The molecule has 0 bridgehead atoms. The number of amides is 3. The molecule has 2 fully saturated rings. The third-order valence-corrected chi connectivity index (χ3v) is 3.85. The molecule has 0 aromatic rings. The summed E-state index contributed by atoms with van der Waals surface area (Å²) in [6.45, 7) is 2.82. The minimum atomic E-state index is -1.08. The summed E-state index contributed by atoms with van der Waals surface area (Å²) in [5.74, 6) is -0.949. The number of piperazine rings is 1. The Morgan fingerprint density at radius 3 is 2.90 bits per heavy atom. The fourth-order valence-electron chi connectivity index (χ4n) is 2.68. The maximum absolute atomic E-state index is 12.2. The second kappa shape index (κ2) is 6.11. The van der Waals surface area contributed by atoms with Crippen molar-refractivity contribution in [3.63, 3.8) is 0 Å². The Bertz CT molecular complexity index is 412. The number of nitrogens with zero attached hydrogens (tertiary/aromatic N) is 1. The van der Waals surface area contributed by atoms with Crippen molar-refractivity contribution < 1.29 is 19.5 Å². The van der Waals surface area contributed by atoms with Gasteiger partial charge in [-0.2, -0.15) is 0 Å². The lowest BCUT2D eigenvalue weighted by molar-refractivity contribution is -0.142. The Labute approximate surface area is 117 Å². The lowest BCUT2D eigenvalue weighted by Crippen LogP contribution is -2.60. The van der Waals surface area contributed by atoms with Gasteiger partial charge in [0.2, 0.25) is 5.91 Å². The number of carbonyl (C=O) groups is 3. The zero-order valence-corrected chi connectivity index (χ0v) is 11.6. The Balaban J connectivity index is 1.92. The van der Waals surface area contributed by atoms with E-state index >= 15 is 0 Å². The molecule has 1 aliphatic heterocycles. The van der Waals surface area contributed by atoms with E-state index in [0.717, 1.165) is 19.3 Å². The Kier molecular flexibility index (Phi) is 4.46. The molecule has 3 unspecified atom stereocenters. The van der Waals surface area contributed by atoms with Crippen LogP contribution in [0, 0.1) is 5.92 Å². The fraction of sp³-hybridized carbons (Fsp3) is 0.769. The van der Waals surface area contributed by atoms with E-state index in [4.69, 9.17) is 5.11 Å². The summed E-state index contributed by atoms with van der Waals surface area (Å²) in [5.41, 5.74) is 0. The number of hydrogen-bond donors (Lipinski definition) is 3. The lowest BCUT2D eigenvalue weighted by atomic mass is 10.1. The second-order valence-corrected chi connectivity index (χ2v) is 5.44. The van der Waals surface area contributed by atoms with E-state index in [1.165, 1.54) is 4.90 Å². The van der Waals surface area contributed by atoms with E-state index in [2.05, 4.69) is 17.6 Å². The van der Waals surface area contributed by atoms with Crippen LogP contribution in [0.25, 0.3) is 0 Å². The van der Waals surface area contributed by atoms with Crippen LogP contribution in [-0.4, -0.2) is 53.1 Å². The molecule has 2 rings (SSSR count). The summed E-state index contributed by atoms with van der Waals surface area (Å²) in [6.07, 6.45) is 2.79. The summed E-state index contributed by atoms with van der Waals surface area (Å²) in [6, 6.07) is -1.06. The highest BCUT2D eigenvalue weighted by Crippen LogP contribution is 2.34. The predicted octanol–water partition coefficient (Wildman–Crippen LogP) is 0.160. The molecule has 0 spiro atoms. The number of hydrogen-bond acceptors (Lipinski definition) is 3. The summed E-state index contributed by atoms with van der Waals surface area (Å²) < 4.78 is 0. The lowest BCUT2D eigenvalue weighted by Gasteiger charge is -2.34. The van der Waals surface area contributed by atoms with Gasteiger partial charge in [-0.05, 0) is 18.8 Å². The van der Waals surface area contributed by atoms with Gasteiger partial charge in [0.05, 0.1) is 6.42 Å². The summed E-state index contributed by atoms with van der Waals surface area (Å²) in [4.78, 5) is 36.1. The molecule has 3 N–H and O–H groups in total. The maximum atomic E-state index is 12.2. The molecule has 7 heteroatoms. The molecule has 1 aliphatic carbocycles. The Morgan fingerprint density at radius 1 is 1.50 bits per heavy atom. The summed E-state index contributed by atoms with van der Waals surface area (Å²) in [7, 11) is 0. The van der Waals surface area contributed by atoms with Crippen LogP contribution >= 0.6 is 0 Å². The van der Waals surface area contributed by atoms with Gasteiger partial charge in [0.25, 0.3) is 0 Å². The first-order valence-electron chi connectivity index (χ1n) is 7.09. The van der Waals surface area contributed by atoms with Gasteiger partial charge in [-0.25, -0.2) is 4.79 Å². The molecule has 0 aromatic heterocycles. The van der Waals surface area contributed by atoms with Crippen LogP contribution in [0.1, 0.15) is 32.6 Å². The number of nitrogens with one attached hydrogen (secondary N) is 2. The average Bonchev–Trinajstić information content (AvgIpc) is 3.09. The molecule has 3 atom stereocenters. The van der Waals surface area contributed by atoms with Gasteiger partial charge in [0.15, 0.2) is 0 Å². The van der Waals surface area contributed by atoms with Crippen molar-refractivity contribution in [3.8, 4) is 0 Å². The second-order valence-electron chi connectivity index (χ2n) is 5.44. The smallest absolute Gasteiger partial charge is 0.318 e. The van der Waals surface area contributed by atoms with Gasteiger partial charge in [0.1, 0.15) is 6.04 Å². The fourth-order valence-corrected chi connectivity index (χ4v) is 2.68. The number of urea groups is 1. The van der Waals surface area contributed by atoms with Crippen molar-refractivity contribution in [1.82, 2.24) is 15.5 Å². The molecule has 0 radical (unpaired) electrons. The number of carbonyl (C=O) groups excluding carboxylic acids is 2. The van der Waals surface area contributed by atoms with Crippen LogP contribution in [-0.2, 0) is 9.59 Å². The Hall–Kier alpha value is -1.79. The molecule has 7 nitrogen and oxygen atoms in total. The van der Waals surface area contributed by atoms with Crippen LogP contribution < -0.4 is 10.6 Å². The number of rotatable bonds is 5. The molecular formula is C13H21N3O4. The van der Waals surface area contributed by atoms with Crippen molar-refractivity contribution in [2.24, 2.45) is 5.92 Å². The van der Waals surface area contributed by atoms with Crippen LogP contribution in [0.15, 0.2) is 0 Å². The highest BCUT2D eigenvalue weighted by Gasteiger charge is 2.41. The Morgan fingerprint density at radius 2 is 2.25 bits per heavy atom. The number of carboxylic acids is 1. The van der Waals surface area contributed by atoms with Crippen LogP contribution in [0.4, 0.5) is 4.79 Å². The highest BCUT2D eigenvalue weighted by atomic mass is 16.4. The van der Waals surface area contributed by atoms with Crippen molar-refractivity contribution in [2.75, 3.05) is 13.1 Å². The van der Waals surface area contributed by atoms with Gasteiger partial charge in [-0.1, -0.05) is 13.3 Å². The largest absolute Gasteiger partial charge is 0.481 e. The minimum Gasteiger partial charge on any atom is -0.481 e. The zero-order chi connectivity index (χ0) is 14.7. The molecule has 2 aliphatic rings. The van der Waals surface area contributed by atoms with Gasteiger partial charge in [-0.15, -0.1) is 0 Å². The van der Waals surface area contributed by atoms with Gasteiger partial charge in [0, 0.05) is 19.1 Å². The van der Waals surface area contributed by atoms with Crippen molar-refractivity contribution in [3.05, 3.63) is 0 Å². The number of carboxylic acid groups (broad SMARTS) is 1. The topological polar surface area (TPSA) is 98.7 Å². The molecule has 3 amide bonds. The van der Waals surface area contributed by atoms with Gasteiger partial charge < -0.3 is 20.6 Å². The monoisotopic (exact) mass is 283 g/mol. The molecule has 1 saturated heterocycles. The quantitative estimate of drug-likeness (QED) is 0.669. The minimum absolute atomic E-state index is 0.179. The van der Waals surface area contributed by atoms with Crippen molar-refractivity contribution >= 4 is 17.9 Å². The summed E-state index contributed by atoms with van der Waals surface area (Å²) >= 11 is 0. The van der Waals surface area contributed by atoms with E-state index < -0.39 is 17.9 Å². The third-order valence-electron chi connectivity index (χ3n) is 3.85. The average molecular weight is 283 g/mol. The van der Waals surface area contributed by atoms with E-state index in [-0.39, 0.29) is 18.5 Å². The van der Waals surface area contributed by atoms with E-state index in [9.17, 15) is 14.4 Å². The van der Waals surface area contributed by atoms with Crippen LogP contribution in [0.5, 0.6) is 0 Å². The van der Waals surface area contributed by atoms with E-state index in [1.54, 1.807) is 0 Å². The standard InChI is InChI=1S/C13H21N3O4/c1-2-3-8-6-9(8)15-13(20)16-5-4-14-12(19)10(16)7-11(17)18/h8-10H,2-7H2,1H3,(H,14,19)(H,15,20)(H,17,18). The molecule has 1 saturated carbocycles. The first-order chi connectivity index (χ1) is 9.52. The third kappa shape index (κ3) is 3.40. The van der Waals surface area contributed by atoms with E-state index in [0.29, 0.717) is 19.0 Å². The van der Waals surface area contributed by atoms with Crippen molar-refractivity contribution in [1.29, 1.82) is 0 Å². The SMILES string of the molecule is CCCC1CC1NC(=O)N1CCNC(=O)C1CC(=O)O. The van der Waals surface area contributed by atoms with E-state index in [1.807, 2.05) is 0 Å². The van der Waals surface area contributed by atoms with Crippen LogP contribution in [0.3, 0.4) is 0 Å². The first-order valence-corrected chi connectivity index (χ1v) is 7.09. The molecular weight excluding hydrogens is 262 g/mol. The molecule has 0 aromatic carbocycles. The normalized spacial score (nSPS) is 28.8. The molecule has 1 heterocycles. The zero-order valence-electron chi connectivity index (χ0n) is 11.6.